The smallest absolute Gasteiger partial charge is 0.366 e. The third kappa shape index (κ3) is 4.40. The number of rotatable bonds is 2. The van der Waals surface area contributed by atoms with E-state index in [1.165, 1.54) is 22.8 Å². The molecule has 0 radical (unpaired) electrons. The largest absolute Gasteiger partial charge is 0.447 e. The second-order valence-electron chi connectivity index (χ2n) is 7.81. The van der Waals surface area contributed by atoms with Gasteiger partial charge in [0, 0.05) is 24.7 Å². The van der Waals surface area contributed by atoms with Gasteiger partial charge in [0.15, 0.2) is 0 Å². The topological polar surface area (TPSA) is 79.7 Å². The lowest BCUT2D eigenvalue weighted by Gasteiger charge is -2.31. The summed E-state index contributed by atoms with van der Waals surface area (Å²) in [7, 11) is -4.64. The molecule has 1 N–H and O–H groups in total. The summed E-state index contributed by atoms with van der Waals surface area (Å²) < 4.78 is 36.2. The lowest BCUT2D eigenvalue weighted by molar-refractivity contribution is 0.381. The van der Waals surface area contributed by atoms with Crippen LogP contribution in [0, 0.1) is 6.92 Å². The van der Waals surface area contributed by atoms with E-state index in [0.717, 1.165) is 66.2 Å². The number of aromatic nitrogens is 1. The van der Waals surface area contributed by atoms with Gasteiger partial charge in [0.1, 0.15) is 0 Å². The summed E-state index contributed by atoms with van der Waals surface area (Å²) in [5.74, 6) is -0.128. The van der Waals surface area contributed by atoms with Crippen molar-refractivity contribution in [2.75, 3.05) is 13.1 Å². The molecule has 1 aliphatic carbocycles. The molecule has 2 aliphatic rings. The van der Waals surface area contributed by atoms with Crippen molar-refractivity contribution in [3.8, 4) is 5.88 Å². The van der Waals surface area contributed by atoms with Crippen LogP contribution in [0.4, 0.5) is 0 Å². The summed E-state index contributed by atoms with van der Waals surface area (Å²) in [5.41, 5.74) is 7.73. The summed E-state index contributed by atoms with van der Waals surface area (Å²) in [6.07, 6.45) is 3.40. The molecular formula is C22H24N2O4S2. The lowest BCUT2D eigenvalue weighted by Crippen LogP contribution is -2.34. The maximum absolute atomic E-state index is 11.2. The van der Waals surface area contributed by atoms with E-state index in [1.807, 2.05) is 13.0 Å². The highest BCUT2D eigenvalue weighted by Gasteiger charge is 2.26. The van der Waals surface area contributed by atoms with Crippen LogP contribution in [-0.2, 0) is 23.2 Å². The van der Waals surface area contributed by atoms with Gasteiger partial charge in [-0.05, 0) is 56.2 Å². The van der Waals surface area contributed by atoms with Crippen LogP contribution in [0.1, 0.15) is 47.7 Å². The first-order valence-electron chi connectivity index (χ1n) is 9.96. The van der Waals surface area contributed by atoms with E-state index in [1.54, 1.807) is 0 Å². The van der Waals surface area contributed by atoms with E-state index < -0.39 is 10.4 Å². The molecule has 0 bridgehead atoms. The van der Waals surface area contributed by atoms with Crippen molar-refractivity contribution in [1.29, 1.82) is 0 Å². The molecule has 1 aromatic carbocycles. The van der Waals surface area contributed by atoms with Gasteiger partial charge in [-0.15, -0.1) is 0 Å². The number of aryl methyl sites for hydroxylation is 3. The number of thiocarbonyl (C=S) groups is 1. The van der Waals surface area contributed by atoms with E-state index in [4.69, 9.17) is 16.8 Å². The van der Waals surface area contributed by atoms with Gasteiger partial charge < -0.3 is 9.08 Å². The maximum Gasteiger partial charge on any atom is 0.447 e. The fourth-order valence-electron chi connectivity index (χ4n) is 4.31. The van der Waals surface area contributed by atoms with Crippen molar-refractivity contribution in [1.82, 2.24) is 9.88 Å². The third-order valence-electron chi connectivity index (χ3n) is 5.74. The van der Waals surface area contributed by atoms with Crippen LogP contribution in [0.5, 0.6) is 5.88 Å². The van der Waals surface area contributed by atoms with Gasteiger partial charge in [-0.1, -0.05) is 47.6 Å². The Balaban J connectivity index is 1.88. The molecule has 0 amide bonds. The second-order valence-corrected chi connectivity index (χ2v) is 9.43. The first kappa shape index (κ1) is 21.0. The standard InChI is InChI=1S/C22H24N2O4S2/c1-14-3-7-19-18(13-14)5-4-17-6-8-20(28-30(25,26)27)23-22(17)21(19)16-9-11-24(12-10-16)15(2)29/h3,6-8,13H,4-5,9-12H2,1-2H3,(H,25,26,27). The normalized spacial score (nSPS) is 16.6. The molecule has 1 aromatic heterocycles. The fourth-order valence-corrected chi connectivity index (χ4v) is 4.80. The van der Waals surface area contributed by atoms with Crippen LogP contribution in [-0.4, -0.2) is 40.9 Å². The Kier molecular flexibility index (Phi) is 5.65. The molecule has 0 saturated carbocycles. The summed E-state index contributed by atoms with van der Waals surface area (Å²) >= 11 is 5.34. The molecule has 8 heteroatoms. The number of likely N-dealkylation sites (tertiary alicyclic amines) is 1. The molecule has 0 spiro atoms. The number of benzene rings is 1. The van der Waals surface area contributed by atoms with E-state index in [2.05, 4.69) is 39.2 Å². The first-order chi connectivity index (χ1) is 14.2. The summed E-state index contributed by atoms with van der Waals surface area (Å²) in [6.45, 7) is 5.74. The lowest BCUT2D eigenvalue weighted by atomic mass is 9.88. The molecule has 2 heterocycles. The highest BCUT2D eigenvalue weighted by atomic mass is 32.3. The van der Waals surface area contributed by atoms with Crippen molar-refractivity contribution >= 4 is 33.2 Å². The average Bonchev–Trinajstić information content (AvgIpc) is 2.83. The third-order valence-corrected chi connectivity index (χ3v) is 6.38. The van der Waals surface area contributed by atoms with Crippen LogP contribution in [0.3, 0.4) is 0 Å². The minimum atomic E-state index is -4.64. The van der Waals surface area contributed by atoms with E-state index in [-0.39, 0.29) is 5.88 Å². The van der Waals surface area contributed by atoms with Crippen LogP contribution in [0.25, 0.3) is 5.57 Å². The molecule has 4 rings (SSSR count). The van der Waals surface area contributed by atoms with Crippen LogP contribution in [0.15, 0.2) is 35.9 Å². The Bertz CT molecular complexity index is 1150. The highest BCUT2D eigenvalue weighted by molar-refractivity contribution is 7.81. The maximum atomic E-state index is 11.2. The minimum Gasteiger partial charge on any atom is -0.366 e. The quantitative estimate of drug-likeness (QED) is 0.556. The molecule has 6 nitrogen and oxygen atoms in total. The van der Waals surface area contributed by atoms with Crippen molar-refractivity contribution in [3.05, 3.63) is 63.9 Å². The van der Waals surface area contributed by atoms with Gasteiger partial charge in [0.2, 0.25) is 5.88 Å². The minimum absolute atomic E-state index is 0.128. The monoisotopic (exact) mass is 444 g/mol. The molecule has 158 valence electrons. The Morgan fingerprint density at radius 1 is 1.10 bits per heavy atom. The number of hydrogen-bond acceptors (Lipinski definition) is 5. The van der Waals surface area contributed by atoms with Crippen LogP contribution < -0.4 is 4.18 Å². The van der Waals surface area contributed by atoms with Gasteiger partial charge in [-0.25, -0.2) is 4.98 Å². The van der Waals surface area contributed by atoms with Gasteiger partial charge in [0.05, 0.1) is 10.7 Å². The molecule has 0 unspecified atom stereocenters. The van der Waals surface area contributed by atoms with Crippen molar-refractivity contribution < 1.29 is 17.2 Å². The highest BCUT2D eigenvalue weighted by Crippen LogP contribution is 2.39. The van der Waals surface area contributed by atoms with E-state index in [9.17, 15) is 8.42 Å². The predicted molar refractivity (Wildman–Crippen MR) is 120 cm³/mol. The average molecular weight is 445 g/mol. The first-order valence-corrected chi connectivity index (χ1v) is 11.7. The number of fused-ring (bicyclic) bond motifs is 2. The number of pyridine rings is 1. The number of piperidine rings is 1. The van der Waals surface area contributed by atoms with Gasteiger partial charge in [-0.3, -0.25) is 4.55 Å². The SMILES string of the molecule is CC(=S)N1CCC(=C2c3ccc(C)cc3CCc3ccc(OS(=O)(=O)O)nc32)CC1. The van der Waals surface area contributed by atoms with Gasteiger partial charge in [0.25, 0.3) is 0 Å². The molecular weight excluding hydrogens is 420 g/mol. The Morgan fingerprint density at radius 3 is 2.47 bits per heavy atom. The van der Waals surface area contributed by atoms with Crippen LogP contribution >= 0.6 is 12.2 Å². The zero-order chi connectivity index (χ0) is 21.5. The summed E-state index contributed by atoms with van der Waals surface area (Å²) in [6, 6.07) is 9.79. The second kappa shape index (κ2) is 8.09. The molecule has 1 aliphatic heterocycles. The van der Waals surface area contributed by atoms with Crippen molar-refractivity contribution in [3.63, 3.8) is 0 Å². The zero-order valence-electron chi connectivity index (χ0n) is 17.0. The summed E-state index contributed by atoms with van der Waals surface area (Å²) in [5, 5.41) is 0. The van der Waals surface area contributed by atoms with Gasteiger partial charge in [-0.2, -0.15) is 8.42 Å². The van der Waals surface area contributed by atoms with E-state index in [0.29, 0.717) is 0 Å². The zero-order valence-corrected chi connectivity index (χ0v) is 18.6. The summed E-state index contributed by atoms with van der Waals surface area (Å²) in [4.78, 5) is 7.64. The predicted octanol–water partition coefficient (Wildman–Crippen LogP) is 3.92. The van der Waals surface area contributed by atoms with Gasteiger partial charge >= 0.3 is 10.4 Å². The Labute approximate surface area is 182 Å². The number of nitrogens with zero attached hydrogens (tertiary/aromatic N) is 2. The molecule has 1 saturated heterocycles. The molecule has 30 heavy (non-hydrogen) atoms. The molecule has 1 fully saturated rings. The van der Waals surface area contributed by atoms with Crippen molar-refractivity contribution in [2.24, 2.45) is 0 Å². The molecule has 2 aromatic rings. The molecule has 0 atom stereocenters. The van der Waals surface area contributed by atoms with Crippen LogP contribution in [0.2, 0.25) is 0 Å². The van der Waals surface area contributed by atoms with Crippen molar-refractivity contribution in [2.45, 2.75) is 39.5 Å². The number of hydrogen-bond donors (Lipinski definition) is 1. The Hall–Kier alpha value is -2.29. The van der Waals surface area contributed by atoms with E-state index >= 15 is 0 Å². The fraction of sp³-hybridized carbons (Fsp3) is 0.364. The Morgan fingerprint density at radius 2 is 1.80 bits per heavy atom.